The molecule has 0 bridgehead atoms. The second-order valence-electron chi connectivity index (χ2n) is 6.02. The molecule has 0 aliphatic rings. The molecule has 2 N–H and O–H groups in total. The van der Waals surface area contributed by atoms with Crippen molar-refractivity contribution in [1.82, 2.24) is 0 Å². The Labute approximate surface area is 157 Å². The second kappa shape index (κ2) is 14.5. The fourth-order valence-electron chi connectivity index (χ4n) is 2.70. The zero-order valence-electron chi connectivity index (χ0n) is 13.7. The van der Waals surface area contributed by atoms with E-state index < -0.39 is 17.4 Å². The third kappa shape index (κ3) is 9.16. The summed E-state index contributed by atoms with van der Waals surface area (Å²) in [6.45, 7) is 4.24. The van der Waals surface area contributed by atoms with Gasteiger partial charge in [0.2, 0.25) is 0 Å². The van der Waals surface area contributed by atoms with Gasteiger partial charge in [-0.15, -0.1) is 0 Å². The van der Waals surface area contributed by atoms with Crippen molar-refractivity contribution >= 4 is 41.5 Å². The SMILES string of the molecule is CCCCCCCC(CCCCCCC)(C(=O)O)C(=O)O.[NaH]. The van der Waals surface area contributed by atoms with Crippen LogP contribution in [-0.2, 0) is 9.59 Å². The maximum atomic E-state index is 11.5. The van der Waals surface area contributed by atoms with Gasteiger partial charge in [-0.05, 0) is 12.8 Å². The monoisotopic (exact) mass is 324 g/mol. The van der Waals surface area contributed by atoms with Gasteiger partial charge >= 0.3 is 41.5 Å². The summed E-state index contributed by atoms with van der Waals surface area (Å²) in [7, 11) is 0. The van der Waals surface area contributed by atoms with E-state index in [4.69, 9.17) is 0 Å². The van der Waals surface area contributed by atoms with Crippen LogP contribution >= 0.6 is 0 Å². The summed E-state index contributed by atoms with van der Waals surface area (Å²) in [6, 6.07) is 0. The Hall–Kier alpha value is -0.0600. The second-order valence-corrected chi connectivity index (χ2v) is 6.02. The molecular formula is C17H33NaO4. The van der Waals surface area contributed by atoms with Crippen LogP contribution in [0.5, 0.6) is 0 Å². The Balaban J connectivity index is 0. The summed E-state index contributed by atoms with van der Waals surface area (Å²) in [5.74, 6) is -2.33. The van der Waals surface area contributed by atoms with E-state index in [0.717, 1.165) is 51.4 Å². The Morgan fingerprint density at radius 1 is 0.682 bits per heavy atom. The van der Waals surface area contributed by atoms with Gasteiger partial charge in [0.15, 0.2) is 5.41 Å². The molecule has 0 aromatic heterocycles. The number of carboxylic acid groups (broad SMARTS) is 2. The van der Waals surface area contributed by atoms with Gasteiger partial charge in [0.05, 0.1) is 0 Å². The molecule has 0 rings (SSSR count). The van der Waals surface area contributed by atoms with E-state index in [9.17, 15) is 19.8 Å². The molecule has 0 aromatic carbocycles. The van der Waals surface area contributed by atoms with Gasteiger partial charge < -0.3 is 10.2 Å². The zero-order chi connectivity index (χ0) is 16.1. The van der Waals surface area contributed by atoms with Crippen LogP contribution < -0.4 is 0 Å². The van der Waals surface area contributed by atoms with Crippen LogP contribution in [0.4, 0.5) is 0 Å². The standard InChI is InChI=1S/C17H32O4.Na.H/c1-3-5-7-9-11-13-17(15(18)19,16(20)21)14-12-10-8-6-4-2;;/h3-14H2,1-2H3,(H,18,19)(H,20,21);;. The number of unbranched alkanes of at least 4 members (excludes halogenated alkanes) is 8. The summed E-state index contributed by atoms with van der Waals surface area (Å²) in [5, 5.41) is 18.8. The first-order valence-corrected chi connectivity index (χ1v) is 8.48. The molecule has 0 saturated heterocycles. The van der Waals surface area contributed by atoms with E-state index >= 15 is 0 Å². The number of hydrogen-bond acceptors (Lipinski definition) is 2. The molecule has 0 saturated carbocycles. The maximum absolute atomic E-state index is 11.5. The molecule has 0 heterocycles. The van der Waals surface area contributed by atoms with E-state index in [2.05, 4.69) is 13.8 Å². The molecule has 22 heavy (non-hydrogen) atoms. The summed E-state index contributed by atoms with van der Waals surface area (Å²) >= 11 is 0. The average Bonchev–Trinajstić information content (AvgIpc) is 2.44. The van der Waals surface area contributed by atoms with Crippen molar-refractivity contribution in [2.75, 3.05) is 0 Å². The molecule has 126 valence electrons. The van der Waals surface area contributed by atoms with Gasteiger partial charge in [-0.1, -0.05) is 78.1 Å². The van der Waals surface area contributed by atoms with Gasteiger partial charge in [0.1, 0.15) is 0 Å². The van der Waals surface area contributed by atoms with Crippen molar-refractivity contribution in [3.8, 4) is 0 Å². The van der Waals surface area contributed by atoms with E-state index in [-0.39, 0.29) is 42.4 Å². The third-order valence-corrected chi connectivity index (χ3v) is 4.23. The summed E-state index contributed by atoms with van der Waals surface area (Å²) < 4.78 is 0. The summed E-state index contributed by atoms with van der Waals surface area (Å²) in [6.07, 6.45) is 10.4. The van der Waals surface area contributed by atoms with Crippen LogP contribution in [-0.4, -0.2) is 51.7 Å². The molecule has 0 aliphatic carbocycles. The molecular weight excluding hydrogens is 291 g/mol. The first-order chi connectivity index (χ1) is 10.0. The summed E-state index contributed by atoms with van der Waals surface area (Å²) in [4.78, 5) is 23.0. The van der Waals surface area contributed by atoms with Crippen molar-refractivity contribution in [3.05, 3.63) is 0 Å². The van der Waals surface area contributed by atoms with Crippen molar-refractivity contribution in [3.63, 3.8) is 0 Å². The molecule has 0 atom stereocenters. The Kier molecular flexibility index (Phi) is 16.0. The van der Waals surface area contributed by atoms with Gasteiger partial charge in [0, 0.05) is 0 Å². The van der Waals surface area contributed by atoms with Crippen molar-refractivity contribution in [1.29, 1.82) is 0 Å². The molecule has 5 heteroatoms. The fourth-order valence-corrected chi connectivity index (χ4v) is 2.70. The third-order valence-electron chi connectivity index (χ3n) is 4.23. The first kappa shape index (κ1) is 24.2. The topological polar surface area (TPSA) is 74.6 Å². The number of aliphatic carboxylic acids is 2. The Morgan fingerprint density at radius 2 is 1.00 bits per heavy atom. The number of carboxylic acids is 2. The van der Waals surface area contributed by atoms with Crippen LogP contribution in [0.2, 0.25) is 0 Å². The molecule has 0 spiro atoms. The van der Waals surface area contributed by atoms with Crippen LogP contribution in [0.25, 0.3) is 0 Å². The summed E-state index contributed by atoms with van der Waals surface area (Å²) in [5.41, 5.74) is -1.57. The Morgan fingerprint density at radius 3 is 1.27 bits per heavy atom. The quantitative estimate of drug-likeness (QED) is 0.285. The molecule has 0 aliphatic heterocycles. The van der Waals surface area contributed by atoms with Crippen LogP contribution in [0, 0.1) is 5.41 Å². The van der Waals surface area contributed by atoms with Crippen molar-refractivity contribution in [2.24, 2.45) is 5.41 Å². The fraction of sp³-hybridized carbons (Fsp3) is 0.882. The van der Waals surface area contributed by atoms with E-state index in [1.54, 1.807) is 0 Å². The van der Waals surface area contributed by atoms with Gasteiger partial charge in [-0.25, -0.2) is 0 Å². The molecule has 0 amide bonds. The number of carbonyl (C=O) groups is 2. The normalized spacial score (nSPS) is 11.0. The van der Waals surface area contributed by atoms with Crippen LogP contribution in [0.15, 0.2) is 0 Å². The first-order valence-electron chi connectivity index (χ1n) is 8.48. The number of rotatable bonds is 14. The molecule has 0 unspecified atom stereocenters. The number of hydrogen-bond donors (Lipinski definition) is 2. The van der Waals surface area contributed by atoms with E-state index in [1.165, 1.54) is 0 Å². The zero-order valence-corrected chi connectivity index (χ0v) is 13.7. The predicted octanol–water partition coefficient (Wildman–Crippen LogP) is 4.21. The van der Waals surface area contributed by atoms with Crippen LogP contribution in [0.1, 0.15) is 90.9 Å². The minimum atomic E-state index is -1.57. The van der Waals surface area contributed by atoms with Crippen LogP contribution in [0.3, 0.4) is 0 Å². The van der Waals surface area contributed by atoms with Crippen molar-refractivity contribution < 1.29 is 19.8 Å². The van der Waals surface area contributed by atoms with Gasteiger partial charge in [0.25, 0.3) is 0 Å². The molecule has 0 fully saturated rings. The van der Waals surface area contributed by atoms with E-state index in [0.29, 0.717) is 12.8 Å². The molecule has 0 radical (unpaired) electrons. The molecule has 0 aromatic rings. The van der Waals surface area contributed by atoms with Gasteiger partial charge in [-0.3, -0.25) is 9.59 Å². The van der Waals surface area contributed by atoms with Crippen molar-refractivity contribution in [2.45, 2.75) is 90.9 Å². The van der Waals surface area contributed by atoms with Gasteiger partial charge in [-0.2, -0.15) is 0 Å². The average molecular weight is 324 g/mol. The molecule has 4 nitrogen and oxygen atoms in total. The minimum absolute atomic E-state index is 0. The predicted molar refractivity (Wildman–Crippen MR) is 91.6 cm³/mol. The Bertz CT molecular complexity index is 275. The van der Waals surface area contributed by atoms with E-state index in [1.807, 2.05) is 0 Å².